The number of benzene rings is 1. The summed E-state index contributed by atoms with van der Waals surface area (Å²) in [5, 5.41) is 0. The van der Waals surface area contributed by atoms with Crippen LogP contribution in [0.25, 0.3) is 11.4 Å². The fourth-order valence-electron chi connectivity index (χ4n) is 4.34. The summed E-state index contributed by atoms with van der Waals surface area (Å²) in [7, 11) is 0. The van der Waals surface area contributed by atoms with Crippen molar-refractivity contribution in [1.82, 2.24) is 19.9 Å². The van der Waals surface area contributed by atoms with Crippen molar-refractivity contribution in [1.29, 1.82) is 0 Å². The number of carbonyl (C=O) groups is 1. The molecule has 0 spiro atoms. The van der Waals surface area contributed by atoms with Crippen molar-refractivity contribution < 1.29 is 4.79 Å². The van der Waals surface area contributed by atoms with Crippen molar-refractivity contribution in [3.63, 3.8) is 0 Å². The number of aryl methyl sites for hydroxylation is 1. The van der Waals surface area contributed by atoms with Crippen LogP contribution in [0.1, 0.15) is 46.1 Å². The lowest BCUT2D eigenvalue weighted by Gasteiger charge is -2.36. The van der Waals surface area contributed by atoms with Gasteiger partial charge < -0.3 is 4.90 Å². The summed E-state index contributed by atoms with van der Waals surface area (Å²) in [5.41, 5.74) is 4.87. The van der Waals surface area contributed by atoms with Gasteiger partial charge in [0.15, 0.2) is 5.82 Å². The van der Waals surface area contributed by atoms with Gasteiger partial charge in [-0.1, -0.05) is 30.3 Å². The zero-order valence-electron chi connectivity index (χ0n) is 15.2. The number of nitrogens with zero attached hydrogens (tertiary/aromatic N) is 4. The Kier molecular flexibility index (Phi) is 3.74. The number of fused-ring (bicyclic) bond motifs is 4. The van der Waals surface area contributed by atoms with Gasteiger partial charge in [-0.2, -0.15) is 0 Å². The molecular weight excluding hydrogens is 336 g/mol. The first-order valence-corrected chi connectivity index (χ1v) is 9.37. The molecular formula is C22H20N4O. The second-order valence-corrected chi connectivity index (χ2v) is 7.32. The van der Waals surface area contributed by atoms with Gasteiger partial charge in [-0.15, -0.1) is 0 Å². The number of hydrogen-bond donors (Lipinski definition) is 0. The molecule has 3 aromatic rings. The summed E-state index contributed by atoms with van der Waals surface area (Å²) in [4.78, 5) is 28.9. The van der Waals surface area contributed by atoms with Crippen LogP contribution >= 0.6 is 0 Å². The fraction of sp³-hybridized carbons (Fsp3) is 0.273. The first-order valence-electron chi connectivity index (χ1n) is 9.37. The predicted octanol–water partition coefficient (Wildman–Crippen LogP) is 3.75. The minimum absolute atomic E-state index is 0.0654. The molecule has 5 rings (SSSR count). The SMILES string of the molecule is Cc1ccncc1C(=O)N1[C@H]2CC[C@@H]1c1cnc(-c3ccccc3)nc1C2. The van der Waals surface area contributed by atoms with Crippen molar-refractivity contribution in [2.75, 3.05) is 0 Å². The van der Waals surface area contributed by atoms with Gasteiger partial charge in [0.25, 0.3) is 5.91 Å². The van der Waals surface area contributed by atoms with Gasteiger partial charge >= 0.3 is 0 Å². The van der Waals surface area contributed by atoms with Crippen LogP contribution < -0.4 is 0 Å². The van der Waals surface area contributed by atoms with E-state index in [1.54, 1.807) is 12.4 Å². The van der Waals surface area contributed by atoms with Crippen LogP contribution in [0.4, 0.5) is 0 Å². The standard InChI is InChI=1S/C22H20N4O/c1-14-9-10-23-12-17(14)22(27)26-16-7-8-20(26)18-13-24-21(25-19(18)11-16)15-5-3-2-4-6-15/h2-6,9-10,12-13,16,20H,7-8,11H2,1H3/t16-,20+/m0/s1. The lowest BCUT2D eigenvalue weighted by atomic mass is 9.97. The zero-order chi connectivity index (χ0) is 18.4. The Morgan fingerprint density at radius 1 is 1.11 bits per heavy atom. The van der Waals surface area contributed by atoms with Crippen LogP contribution in [-0.2, 0) is 6.42 Å². The van der Waals surface area contributed by atoms with E-state index < -0.39 is 0 Å². The molecule has 1 saturated heterocycles. The van der Waals surface area contributed by atoms with Crippen molar-refractivity contribution in [2.45, 2.75) is 38.3 Å². The topological polar surface area (TPSA) is 59.0 Å². The van der Waals surface area contributed by atoms with Crippen LogP contribution in [0, 0.1) is 6.92 Å². The van der Waals surface area contributed by atoms with E-state index in [0.717, 1.165) is 47.5 Å². The highest BCUT2D eigenvalue weighted by molar-refractivity contribution is 5.96. The molecule has 1 fully saturated rings. The van der Waals surface area contributed by atoms with E-state index in [2.05, 4.69) is 9.97 Å². The largest absolute Gasteiger partial charge is 0.328 e. The van der Waals surface area contributed by atoms with Gasteiger partial charge in [0, 0.05) is 42.2 Å². The molecule has 27 heavy (non-hydrogen) atoms. The molecule has 5 nitrogen and oxygen atoms in total. The van der Waals surface area contributed by atoms with E-state index in [9.17, 15) is 4.79 Å². The van der Waals surface area contributed by atoms with Gasteiger partial charge in [0.05, 0.1) is 17.3 Å². The van der Waals surface area contributed by atoms with Crippen LogP contribution in [0.3, 0.4) is 0 Å². The molecule has 0 aliphatic carbocycles. The van der Waals surface area contributed by atoms with Gasteiger partial charge in [-0.25, -0.2) is 9.97 Å². The van der Waals surface area contributed by atoms with Gasteiger partial charge in [0.1, 0.15) is 0 Å². The molecule has 0 unspecified atom stereocenters. The monoisotopic (exact) mass is 356 g/mol. The molecule has 2 atom stereocenters. The van der Waals surface area contributed by atoms with Gasteiger partial charge in [-0.05, 0) is 31.4 Å². The number of pyridine rings is 1. The average molecular weight is 356 g/mol. The third kappa shape index (κ3) is 2.62. The molecule has 4 heterocycles. The maximum atomic E-state index is 13.2. The van der Waals surface area contributed by atoms with E-state index in [1.165, 1.54) is 0 Å². The maximum Gasteiger partial charge on any atom is 0.256 e. The first-order chi connectivity index (χ1) is 13.2. The van der Waals surface area contributed by atoms with Crippen LogP contribution in [0.5, 0.6) is 0 Å². The molecule has 134 valence electrons. The Balaban J connectivity index is 1.51. The molecule has 2 bridgehead atoms. The summed E-state index contributed by atoms with van der Waals surface area (Å²) in [6.07, 6.45) is 8.10. The maximum absolute atomic E-state index is 13.2. The number of carbonyl (C=O) groups excluding carboxylic acids is 1. The molecule has 1 aromatic carbocycles. The summed E-state index contributed by atoms with van der Waals surface area (Å²) < 4.78 is 0. The minimum atomic E-state index is 0.0654. The number of rotatable bonds is 2. The number of amides is 1. The van der Waals surface area contributed by atoms with Crippen molar-refractivity contribution in [3.05, 3.63) is 77.4 Å². The van der Waals surface area contributed by atoms with E-state index in [0.29, 0.717) is 5.56 Å². The van der Waals surface area contributed by atoms with E-state index in [4.69, 9.17) is 4.98 Å². The lowest BCUT2D eigenvalue weighted by Crippen LogP contribution is -2.42. The van der Waals surface area contributed by atoms with Crippen LogP contribution in [0.15, 0.2) is 55.0 Å². The molecule has 0 radical (unpaired) electrons. The van der Waals surface area contributed by atoms with Crippen LogP contribution in [-0.4, -0.2) is 31.8 Å². The summed E-state index contributed by atoms with van der Waals surface area (Å²) in [6.45, 7) is 1.96. The van der Waals surface area contributed by atoms with Crippen molar-refractivity contribution >= 4 is 5.91 Å². The Labute approximate surface area is 158 Å². The molecule has 2 aliphatic heterocycles. The zero-order valence-corrected chi connectivity index (χ0v) is 15.2. The highest BCUT2D eigenvalue weighted by Crippen LogP contribution is 2.44. The van der Waals surface area contributed by atoms with E-state index >= 15 is 0 Å². The normalized spacial score (nSPS) is 20.4. The van der Waals surface area contributed by atoms with Crippen molar-refractivity contribution in [3.8, 4) is 11.4 Å². The Hall–Kier alpha value is -3.08. The Morgan fingerprint density at radius 2 is 1.96 bits per heavy atom. The predicted molar refractivity (Wildman–Crippen MR) is 102 cm³/mol. The summed E-state index contributed by atoms with van der Waals surface area (Å²) in [6, 6.07) is 12.2. The highest BCUT2D eigenvalue weighted by Gasteiger charge is 2.44. The quantitative estimate of drug-likeness (QED) is 0.702. The molecule has 2 aromatic heterocycles. The fourth-order valence-corrected chi connectivity index (χ4v) is 4.34. The third-order valence-corrected chi connectivity index (χ3v) is 5.73. The van der Waals surface area contributed by atoms with Gasteiger partial charge in [0.2, 0.25) is 0 Å². The van der Waals surface area contributed by atoms with E-state index in [-0.39, 0.29) is 18.0 Å². The highest BCUT2D eigenvalue weighted by atomic mass is 16.2. The second kappa shape index (κ2) is 6.27. The minimum Gasteiger partial charge on any atom is -0.328 e. The van der Waals surface area contributed by atoms with Crippen molar-refractivity contribution in [2.24, 2.45) is 0 Å². The molecule has 5 heteroatoms. The molecule has 2 aliphatic rings. The van der Waals surface area contributed by atoms with Gasteiger partial charge in [-0.3, -0.25) is 9.78 Å². The summed E-state index contributed by atoms with van der Waals surface area (Å²) >= 11 is 0. The Bertz CT molecular complexity index is 1020. The first kappa shape index (κ1) is 16.1. The molecule has 0 saturated carbocycles. The van der Waals surface area contributed by atoms with Crippen LogP contribution in [0.2, 0.25) is 0 Å². The lowest BCUT2D eigenvalue weighted by molar-refractivity contribution is 0.0642. The van der Waals surface area contributed by atoms with E-state index in [1.807, 2.05) is 54.4 Å². The molecule has 1 amide bonds. The summed E-state index contributed by atoms with van der Waals surface area (Å²) in [5.74, 6) is 0.836. The Morgan fingerprint density at radius 3 is 2.78 bits per heavy atom. The number of hydrogen-bond acceptors (Lipinski definition) is 4. The second-order valence-electron chi connectivity index (χ2n) is 7.32. The third-order valence-electron chi connectivity index (χ3n) is 5.73. The number of aromatic nitrogens is 3. The molecule has 0 N–H and O–H groups in total. The smallest absolute Gasteiger partial charge is 0.256 e. The average Bonchev–Trinajstić information content (AvgIpc) is 3.03.